The van der Waals surface area contributed by atoms with Crippen molar-refractivity contribution in [3.05, 3.63) is 39.9 Å². The van der Waals surface area contributed by atoms with Gasteiger partial charge in [-0.15, -0.1) is 12.4 Å². The van der Waals surface area contributed by atoms with Crippen molar-refractivity contribution in [2.75, 3.05) is 13.1 Å². The molecule has 5 nitrogen and oxygen atoms in total. The third-order valence-corrected chi connectivity index (χ3v) is 3.90. The fourth-order valence-electron chi connectivity index (χ4n) is 2.66. The summed E-state index contributed by atoms with van der Waals surface area (Å²) in [4.78, 5) is 12.7. The Morgan fingerprint density at radius 3 is 2.65 bits per heavy atom. The molecule has 112 valence electrons. The van der Waals surface area contributed by atoms with E-state index in [1.54, 1.807) is 12.1 Å². The number of nitrogens with two attached hydrogens (primary N) is 1. The molecule has 1 aromatic rings. The molecule has 0 aliphatic carbocycles. The molecule has 0 radical (unpaired) electrons. The van der Waals surface area contributed by atoms with Gasteiger partial charge in [-0.1, -0.05) is 12.1 Å². The number of halogens is 1. The van der Waals surface area contributed by atoms with Gasteiger partial charge in [-0.05, 0) is 44.3 Å². The predicted octanol–water partition coefficient (Wildman–Crippen LogP) is 2.58. The molecule has 1 saturated heterocycles. The van der Waals surface area contributed by atoms with Crippen molar-refractivity contribution < 1.29 is 4.92 Å². The first-order valence-electron chi connectivity index (χ1n) is 6.77. The zero-order chi connectivity index (χ0) is 13.8. The van der Waals surface area contributed by atoms with Gasteiger partial charge in [-0.25, -0.2) is 0 Å². The topological polar surface area (TPSA) is 72.4 Å². The molecule has 0 aromatic heterocycles. The second-order valence-corrected chi connectivity index (χ2v) is 5.40. The molecular weight excluding hydrogens is 278 g/mol. The summed E-state index contributed by atoms with van der Waals surface area (Å²) in [5.74, 6) is 0.612. The van der Waals surface area contributed by atoms with Crippen LogP contribution in [0.5, 0.6) is 0 Å². The number of nitro groups is 1. The van der Waals surface area contributed by atoms with E-state index in [1.165, 1.54) is 6.07 Å². The average Bonchev–Trinajstić information content (AvgIpc) is 2.39. The molecule has 6 heteroatoms. The lowest BCUT2D eigenvalue weighted by molar-refractivity contribution is -0.384. The van der Waals surface area contributed by atoms with Crippen molar-refractivity contribution in [2.45, 2.75) is 32.4 Å². The highest BCUT2D eigenvalue weighted by Gasteiger charge is 2.22. The van der Waals surface area contributed by atoms with Gasteiger partial charge in [0.05, 0.1) is 4.92 Å². The molecule has 1 atom stereocenters. The van der Waals surface area contributed by atoms with E-state index in [1.807, 2.05) is 6.07 Å². The highest BCUT2D eigenvalue weighted by Crippen LogP contribution is 2.22. The predicted molar refractivity (Wildman–Crippen MR) is 82.0 cm³/mol. The number of piperidine rings is 1. The fraction of sp³-hybridized carbons (Fsp3) is 0.571. The summed E-state index contributed by atoms with van der Waals surface area (Å²) in [5, 5.41) is 10.7. The van der Waals surface area contributed by atoms with Crippen molar-refractivity contribution in [1.82, 2.24) is 4.90 Å². The van der Waals surface area contributed by atoms with E-state index >= 15 is 0 Å². The highest BCUT2D eigenvalue weighted by atomic mass is 35.5. The standard InChI is InChI=1S/C14H21N3O2.ClH/c1-11(15)13-5-7-16(8-6-13)10-12-3-2-4-14(9-12)17(18)19;/h2-4,9,11,13H,5-8,10,15H2,1H3;1H. The largest absolute Gasteiger partial charge is 0.328 e. The summed E-state index contributed by atoms with van der Waals surface area (Å²) in [6, 6.07) is 7.16. The molecule has 0 bridgehead atoms. The Balaban J connectivity index is 0.00000200. The Bertz CT molecular complexity index is 446. The zero-order valence-corrected chi connectivity index (χ0v) is 12.5. The number of benzene rings is 1. The lowest BCUT2D eigenvalue weighted by Gasteiger charge is -2.33. The van der Waals surface area contributed by atoms with Gasteiger partial charge in [0.25, 0.3) is 5.69 Å². The first-order chi connectivity index (χ1) is 9.06. The molecule has 1 aliphatic rings. The molecule has 0 spiro atoms. The van der Waals surface area contributed by atoms with Gasteiger partial charge in [0.15, 0.2) is 0 Å². The van der Waals surface area contributed by atoms with Crippen LogP contribution in [0.25, 0.3) is 0 Å². The Hall–Kier alpha value is -1.17. The summed E-state index contributed by atoms with van der Waals surface area (Å²) < 4.78 is 0. The van der Waals surface area contributed by atoms with Crippen molar-refractivity contribution in [3.8, 4) is 0 Å². The smallest absolute Gasteiger partial charge is 0.269 e. The Morgan fingerprint density at radius 1 is 1.45 bits per heavy atom. The molecule has 0 amide bonds. The maximum absolute atomic E-state index is 10.7. The zero-order valence-electron chi connectivity index (χ0n) is 11.7. The Kier molecular flexibility index (Phi) is 6.39. The number of likely N-dealkylation sites (tertiary alicyclic amines) is 1. The van der Waals surface area contributed by atoms with Crippen LogP contribution in [0.2, 0.25) is 0 Å². The molecule has 20 heavy (non-hydrogen) atoms. The van der Waals surface area contributed by atoms with E-state index in [0.717, 1.165) is 38.0 Å². The average molecular weight is 300 g/mol. The summed E-state index contributed by atoms with van der Waals surface area (Å²) in [6.07, 6.45) is 2.24. The third kappa shape index (κ3) is 4.44. The SMILES string of the molecule is CC(N)C1CCN(Cc2cccc([N+](=O)[O-])c2)CC1.Cl. The second kappa shape index (κ2) is 7.57. The number of non-ortho nitro benzene ring substituents is 1. The summed E-state index contributed by atoms with van der Waals surface area (Å²) in [6.45, 7) is 4.90. The van der Waals surface area contributed by atoms with Gasteiger partial charge in [0, 0.05) is 24.7 Å². The lowest BCUT2D eigenvalue weighted by Crippen LogP contribution is -2.39. The van der Waals surface area contributed by atoms with Gasteiger partial charge in [0.2, 0.25) is 0 Å². The van der Waals surface area contributed by atoms with Crippen molar-refractivity contribution >= 4 is 18.1 Å². The Morgan fingerprint density at radius 2 is 2.10 bits per heavy atom. The van der Waals surface area contributed by atoms with E-state index in [-0.39, 0.29) is 29.1 Å². The molecule has 2 rings (SSSR count). The van der Waals surface area contributed by atoms with Gasteiger partial charge < -0.3 is 5.73 Å². The second-order valence-electron chi connectivity index (χ2n) is 5.40. The van der Waals surface area contributed by atoms with Crippen LogP contribution in [0.3, 0.4) is 0 Å². The lowest BCUT2D eigenvalue weighted by atomic mass is 9.91. The van der Waals surface area contributed by atoms with Crippen LogP contribution in [0.4, 0.5) is 5.69 Å². The van der Waals surface area contributed by atoms with Crippen LogP contribution in [-0.4, -0.2) is 29.0 Å². The van der Waals surface area contributed by atoms with Crippen LogP contribution in [0.15, 0.2) is 24.3 Å². The third-order valence-electron chi connectivity index (χ3n) is 3.90. The molecule has 2 N–H and O–H groups in total. The molecule has 1 aromatic carbocycles. The summed E-state index contributed by atoms with van der Waals surface area (Å²) in [7, 11) is 0. The number of hydrogen-bond donors (Lipinski definition) is 1. The van der Waals surface area contributed by atoms with Gasteiger partial charge >= 0.3 is 0 Å². The number of rotatable bonds is 4. The van der Waals surface area contributed by atoms with Crippen LogP contribution < -0.4 is 5.73 Å². The van der Waals surface area contributed by atoms with Crippen LogP contribution in [-0.2, 0) is 6.54 Å². The van der Waals surface area contributed by atoms with Gasteiger partial charge in [-0.2, -0.15) is 0 Å². The van der Waals surface area contributed by atoms with Crippen molar-refractivity contribution in [2.24, 2.45) is 11.7 Å². The Labute approximate surface area is 125 Å². The first kappa shape index (κ1) is 16.9. The minimum absolute atomic E-state index is 0. The normalized spacial score (nSPS) is 18.3. The highest BCUT2D eigenvalue weighted by molar-refractivity contribution is 5.85. The first-order valence-corrected chi connectivity index (χ1v) is 6.77. The maximum Gasteiger partial charge on any atom is 0.269 e. The monoisotopic (exact) mass is 299 g/mol. The van der Waals surface area contributed by atoms with Crippen LogP contribution in [0.1, 0.15) is 25.3 Å². The molecule has 1 aliphatic heterocycles. The van der Waals surface area contributed by atoms with Crippen molar-refractivity contribution in [3.63, 3.8) is 0 Å². The molecule has 1 fully saturated rings. The minimum atomic E-state index is -0.341. The van der Waals surface area contributed by atoms with E-state index in [2.05, 4.69) is 11.8 Å². The van der Waals surface area contributed by atoms with Gasteiger partial charge in [-0.3, -0.25) is 15.0 Å². The minimum Gasteiger partial charge on any atom is -0.328 e. The fourth-order valence-corrected chi connectivity index (χ4v) is 2.66. The van der Waals surface area contributed by atoms with E-state index in [0.29, 0.717) is 5.92 Å². The van der Waals surface area contributed by atoms with Crippen LogP contribution in [0, 0.1) is 16.0 Å². The molecule has 0 saturated carbocycles. The number of nitrogens with zero attached hydrogens (tertiary/aromatic N) is 2. The quantitative estimate of drug-likeness (QED) is 0.685. The molecular formula is C14H22ClN3O2. The number of nitro benzene ring substituents is 1. The summed E-state index contributed by atoms with van der Waals surface area (Å²) >= 11 is 0. The van der Waals surface area contributed by atoms with E-state index in [4.69, 9.17) is 5.73 Å². The molecule has 1 heterocycles. The van der Waals surface area contributed by atoms with Gasteiger partial charge in [0.1, 0.15) is 0 Å². The van der Waals surface area contributed by atoms with E-state index in [9.17, 15) is 10.1 Å². The van der Waals surface area contributed by atoms with E-state index < -0.39 is 0 Å². The molecule has 1 unspecified atom stereocenters. The maximum atomic E-state index is 10.7. The number of hydrogen-bond acceptors (Lipinski definition) is 4. The van der Waals surface area contributed by atoms with Crippen LogP contribution >= 0.6 is 12.4 Å². The summed E-state index contributed by atoms with van der Waals surface area (Å²) in [5.41, 5.74) is 7.10. The van der Waals surface area contributed by atoms with Crippen molar-refractivity contribution in [1.29, 1.82) is 0 Å².